The molecule has 0 atom stereocenters. The van der Waals surface area contributed by atoms with E-state index in [0.29, 0.717) is 17.1 Å². The summed E-state index contributed by atoms with van der Waals surface area (Å²) < 4.78 is 22.5. The van der Waals surface area contributed by atoms with Gasteiger partial charge in [0.1, 0.15) is 22.3 Å². The molecule has 0 aliphatic carbocycles. The second-order valence-corrected chi connectivity index (χ2v) is 13.9. The van der Waals surface area contributed by atoms with Crippen molar-refractivity contribution in [3.8, 4) is 17.1 Å². The minimum absolute atomic E-state index is 0.557. The summed E-state index contributed by atoms with van der Waals surface area (Å²) in [7, 11) is 0. The molecule has 6 heteroatoms. The van der Waals surface area contributed by atoms with E-state index in [1.807, 2.05) is 66.7 Å². The molecule has 55 heavy (non-hydrogen) atoms. The molecule has 0 saturated carbocycles. The Morgan fingerprint density at radius 1 is 0.418 bits per heavy atom. The van der Waals surface area contributed by atoms with Crippen LogP contribution in [0.25, 0.3) is 93.9 Å². The summed E-state index contributed by atoms with van der Waals surface area (Å²) >= 11 is 0. The van der Waals surface area contributed by atoms with Gasteiger partial charge in [-0.2, -0.15) is 0 Å². The van der Waals surface area contributed by atoms with Gasteiger partial charge in [0.05, 0.1) is 38.9 Å². The van der Waals surface area contributed by atoms with Gasteiger partial charge in [0, 0.05) is 32.8 Å². The molecule has 4 aromatic heterocycles. The third-order valence-electron chi connectivity index (χ3n) is 10.8. The molecule has 12 aromatic rings. The number of benzene rings is 8. The van der Waals surface area contributed by atoms with E-state index in [4.69, 9.17) is 18.2 Å². The van der Waals surface area contributed by atoms with Gasteiger partial charge in [-0.3, -0.25) is 0 Å². The number of hydrogen-bond acceptors (Lipinski definition) is 5. The molecule has 6 nitrogen and oxygen atoms in total. The normalized spacial score (nSPS) is 12.0. The first-order valence-corrected chi connectivity index (χ1v) is 18.4. The Labute approximate surface area is 313 Å². The average molecular weight is 708 g/mol. The van der Waals surface area contributed by atoms with Gasteiger partial charge in [-0.05, 0) is 72.8 Å². The number of anilines is 3. The van der Waals surface area contributed by atoms with Crippen molar-refractivity contribution in [3.05, 3.63) is 176 Å². The standard InChI is InChI=1S/C49H29N3O3/c1-3-15-30(16-4-1)49-50-35-29-40(48-46(47(35)55-49)34-21-9-12-27-42(34)54-48)52(39-25-14-28-43-45(39)33-20-8-11-26-41(33)53-43)38-24-13-23-37-44(38)32-19-7-10-22-36(32)51(37)31-17-5-2-6-18-31/h1-29H. The molecule has 0 radical (unpaired) electrons. The molecule has 0 aliphatic heterocycles. The topological polar surface area (TPSA) is 60.5 Å². The molecule has 0 saturated heterocycles. The van der Waals surface area contributed by atoms with Crippen LogP contribution in [0.2, 0.25) is 0 Å². The molecule has 4 heterocycles. The molecule has 0 fully saturated rings. The van der Waals surface area contributed by atoms with Crippen LogP contribution in [0.3, 0.4) is 0 Å². The SMILES string of the molecule is c1ccc(-c2nc3cc(N(c4cccc5oc6ccccc6c45)c4cccc5c4c4ccccc4n5-c4ccccc4)c4oc5ccccc5c4c3o2)cc1. The van der Waals surface area contributed by atoms with Crippen LogP contribution in [0.5, 0.6) is 0 Å². The monoisotopic (exact) mass is 707 g/mol. The predicted molar refractivity (Wildman–Crippen MR) is 223 cm³/mol. The summed E-state index contributed by atoms with van der Waals surface area (Å²) in [6, 6.07) is 60.6. The maximum absolute atomic E-state index is 6.93. The largest absolute Gasteiger partial charge is 0.456 e. The summed E-state index contributed by atoms with van der Waals surface area (Å²) in [6.45, 7) is 0. The van der Waals surface area contributed by atoms with E-state index in [0.717, 1.165) is 93.9 Å². The molecule has 0 aliphatic rings. The van der Waals surface area contributed by atoms with Crippen LogP contribution >= 0.6 is 0 Å². The van der Waals surface area contributed by atoms with Crippen LogP contribution in [-0.2, 0) is 0 Å². The fraction of sp³-hybridized carbons (Fsp3) is 0. The molecule has 8 aromatic carbocycles. The summed E-state index contributed by atoms with van der Waals surface area (Å²) in [5.41, 5.74) is 11.5. The number of furan rings is 2. The molecular weight excluding hydrogens is 679 g/mol. The molecule has 258 valence electrons. The molecule has 0 amide bonds. The average Bonchev–Trinajstić information content (AvgIpc) is 4.02. The van der Waals surface area contributed by atoms with Crippen molar-refractivity contribution in [1.29, 1.82) is 0 Å². The van der Waals surface area contributed by atoms with Gasteiger partial charge in [-0.25, -0.2) is 4.98 Å². The van der Waals surface area contributed by atoms with Crippen molar-refractivity contribution in [2.24, 2.45) is 0 Å². The van der Waals surface area contributed by atoms with Crippen LogP contribution in [0, 0.1) is 0 Å². The highest BCUT2D eigenvalue weighted by atomic mass is 16.4. The maximum Gasteiger partial charge on any atom is 0.227 e. The fourth-order valence-corrected chi connectivity index (χ4v) is 8.50. The molecular formula is C49H29N3O3. The number of aromatic nitrogens is 2. The highest BCUT2D eigenvalue weighted by Crippen LogP contribution is 2.51. The minimum atomic E-state index is 0.557. The zero-order chi connectivity index (χ0) is 36.0. The molecule has 0 N–H and O–H groups in total. The maximum atomic E-state index is 6.93. The zero-order valence-electron chi connectivity index (χ0n) is 29.3. The van der Waals surface area contributed by atoms with E-state index in [-0.39, 0.29) is 0 Å². The Balaban J connectivity index is 1.26. The van der Waals surface area contributed by atoms with Crippen LogP contribution < -0.4 is 4.90 Å². The molecule has 0 bridgehead atoms. The third-order valence-corrected chi connectivity index (χ3v) is 10.8. The van der Waals surface area contributed by atoms with Crippen molar-refractivity contribution >= 4 is 93.8 Å². The minimum Gasteiger partial charge on any atom is -0.456 e. The number of fused-ring (bicyclic) bond motifs is 11. The fourth-order valence-electron chi connectivity index (χ4n) is 8.50. The Morgan fingerprint density at radius 2 is 1.02 bits per heavy atom. The number of para-hydroxylation sites is 4. The molecule has 0 unspecified atom stereocenters. The van der Waals surface area contributed by atoms with Gasteiger partial charge in [0.25, 0.3) is 0 Å². The lowest BCUT2D eigenvalue weighted by Crippen LogP contribution is -2.11. The van der Waals surface area contributed by atoms with Crippen molar-refractivity contribution in [2.75, 3.05) is 4.90 Å². The first-order valence-electron chi connectivity index (χ1n) is 18.4. The smallest absolute Gasteiger partial charge is 0.227 e. The van der Waals surface area contributed by atoms with Gasteiger partial charge in [-0.1, -0.05) is 103 Å². The number of hydrogen-bond donors (Lipinski definition) is 0. The van der Waals surface area contributed by atoms with E-state index in [1.165, 1.54) is 0 Å². The van der Waals surface area contributed by atoms with Crippen molar-refractivity contribution in [2.45, 2.75) is 0 Å². The Morgan fingerprint density at radius 3 is 1.82 bits per heavy atom. The number of oxazole rings is 1. The van der Waals surface area contributed by atoms with Gasteiger partial charge < -0.3 is 22.7 Å². The van der Waals surface area contributed by atoms with E-state index in [1.54, 1.807) is 0 Å². The first-order chi connectivity index (χ1) is 27.3. The zero-order valence-corrected chi connectivity index (χ0v) is 29.3. The van der Waals surface area contributed by atoms with Crippen LogP contribution in [0.4, 0.5) is 17.1 Å². The van der Waals surface area contributed by atoms with Crippen molar-refractivity contribution in [1.82, 2.24) is 9.55 Å². The summed E-state index contributed by atoms with van der Waals surface area (Å²) in [6.07, 6.45) is 0. The van der Waals surface area contributed by atoms with Gasteiger partial charge in [0.2, 0.25) is 5.89 Å². The lowest BCUT2D eigenvalue weighted by Gasteiger charge is -2.27. The Kier molecular flexibility index (Phi) is 6.24. The van der Waals surface area contributed by atoms with E-state index >= 15 is 0 Å². The van der Waals surface area contributed by atoms with E-state index in [9.17, 15) is 0 Å². The lowest BCUT2D eigenvalue weighted by molar-refractivity contribution is 0.622. The summed E-state index contributed by atoms with van der Waals surface area (Å²) in [5, 5.41) is 6.14. The van der Waals surface area contributed by atoms with Crippen molar-refractivity contribution in [3.63, 3.8) is 0 Å². The molecule has 0 spiro atoms. The van der Waals surface area contributed by atoms with Gasteiger partial charge in [-0.15, -0.1) is 0 Å². The highest BCUT2D eigenvalue weighted by molar-refractivity contribution is 6.24. The summed E-state index contributed by atoms with van der Waals surface area (Å²) in [4.78, 5) is 7.49. The first kappa shape index (κ1) is 29.9. The Bertz CT molecular complexity index is 3440. The van der Waals surface area contributed by atoms with Gasteiger partial charge >= 0.3 is 0 Å². The van der Waals surface area contributed by atoms with E-state index in [2.05, 4.69) is 119 Å². The summed E-state index contributed by atoms with van der Waals surface area (Å²) in [5.74, 6) is 0.557. The predicted octanol–water partition coefficient (Wildman–Crippen LogP) is 13.9. The van der Waals surface area contributed by atoms with E-state index < -0.39 is 0 Å². The second-order valence-electron chi connectivity index (χ2n) is 13.9. The van der Waals surface area contributed by atoms with Crippen molar-refractivity contribution < 1.29 is 13.3 Å². The van der Waals surface area contributed by atoms with Crippen LogP contribution in [0.15, 0.2) is 189 Å². The lowest BCUT2D eigenvalue weighted by atomic mass is 10.0. The third kappa shape index (κ3) is 4.33. The number of nitrogens with zero attached hydrogens (tertiary/aromatic N) is 3. The van der Waals surface area contributed by atoms with Gasteiger partial charge in [0.15, 0.2) is 11.2 Å². The van der Waals surface area contributed by atoms with Crippen LogP contribution in [-0.4, -0.2) is 9.55 Å². The second kappa shape index (κ2) is 11.5. The highest BCUT2D eigenvalue weighted by Gasteiger charge is 2.29. The Hall–Kier alpha value is -7.57. The molecule has 12 rings (SSSR count). The quantitative estimate of drug-likeness (QED) is 0.178. The number of rotatable bonds is 5. The van der Waals surface area contributed by atoms with Crippen LogP contribution in [0.1, 0.15) is 0 Å².